The molecule has 9 heteroatoms. The lowest BCUT2D eigenvalue weighted by atomic mass is 10.0. The molecule has 88 heavy (non-hydrogen) atoms. The molecule has 0 aromatic carbocycles. The van der Waals surface area contributed by atoms with Gasteiger partial charge in [0.15, 0.2) is 6.10 Å². The summed E-state index contributed by atoms with van der Waals surface area (Å²) in [6.07, 6.45) is 86.2. The third-order valence-electron chi connectivity index (χ3n) is 18.0. The van der Waals surface area contributed by atoms with Crippen molar-refractivity contribution in [3.05, 3.63) is 24.3 Å². The fourth-order valence-electron chi connectivity index (χ4n) is 12.0. The van der Waals surface area contributed by atoms with E-state index in [4.69, 9.17) is 18.9 Å². The maximum atomic E-state index is 13.0. The van der Waals surface area contributed by atoms with Crippen LogP contribution in [0.4, 0.5) is 0 Å². The summed E-state index contributed by atoms with van der Waals surface area (Å²) in [4.78, 5) is 37.7. The maximum Gasteiger partial charge on any atom is 0.361 e. The Morgan fingerprint density at radius 1 is 0.341 bits per heavy atom. The minimum atomic E-state index is -1.51. The SMILES string of the molecule is CCCCCCC/C=C\C/C=C\CCCCCCCCCCCCCCCCCCCCCCCCCCCCCC(=O)OC(COC(=O)CCCCCCCCCCCCCCCCCCCCCCCCCC)COC(OCC[N+](C)(C)C)C(=O)O. The number of allylic oxidation sites excluding steroid dienone is 4. The molecule has 2 unspecified atom stereocenters. The predicted octanol–water partition coefficient (Wildman–Crippen LogP) is 24.5. The first-order valence-electron chi connectivity index (χ1n) is 39.0. The molecule has 0 spiro atoms. The molecule has 0 aromatic rings. The lowest BCUT2D eigenvalue weighted by Gasteiger charge is -2.25. The van der Waals surface area contributed by atoms with Crippen LogP contribution in [0.15, 0.2) is 24.3 Å². The molecule has 0 saturated heterocycles. The van der Waals surface area contributed by atoms with Gasteiger partial charge in [-0.2, -0.15) is 0 Å². The van der Waals surface area contributed by atoms with Crippen LogP contribution in [0.3, 0.4) is 0 Å². The molecular formula is C79H152NO8+. The van der Waals surface area contributed by atoms with Gasteiger partial charge in [-0.15, -0.1) is 0 Å². The second kappa shape index (κ2) is 70.6. The summed E-state index contributed by atoms with van der Waals surface area (Å²) in [5, 5.41) is 9.76. The summed E-state index contributed by atoms with van der Waals surface area (Å²) in [5.74, 6) is -1.97. The minimum absolute atomic E-state index is 0.173. The van der Waals surface area contributed by atoms with Crippen molar-refractivity contribution in [2.75, 3.05) is 47.5 Å². The molecule has 0 heterocycles. The van der Waals surface area contributed by atoms with Crippen molar-refractivity contribution < 1.29 is 42.9 Å². The maximum absolute atomic E-state index is 13.0. The van der Waals surface area contributed by atoms with Gasteiger partial charge in [0.25, 0.3) is 6.29 Å². The largest absolute Gasteiger partial charge is 0.477 e. The summed E-state index contributed by atoms with van der Waals surface area (Å²) < 4.78 is 23.0. The Bertz CT molecular complexity index is 1490. The smallest absolute Gasteiger partial charge is 0.361 e. The minimum Gasteiger partial charge on any atom is -0.477 e. The molecular weight excluding hydrogens is 1090 g/mol. The van der Waals surface area contributed by atoms with E-state index in [2.05, 4.69) is 38.2 Å². The highest BCUT2D eigenvalue weighted by Crippen LogP contribution is 2.20. The molecule has 520 valence electrons. The average molecular weight is 1240 g/mol. The first-order chi connectivity index (χ1) is 43.1. The molecule has 2 atom stereocenters. The number of rotatable bonds is 74. The molecule has 0 aliphatic carbocycles. The number of carboxylic acids is 1. The molecule has 0 bridgehead atoms. The van der Waals surface area contributed by atoms with Crippen molar-refractivity contribution in [2.45, 2.75) is 418 Å². The fraction of sp³-hybridized carbons (Fsp3) is 0.911. The van der Waals surface area contributed by atoms with Gasteiger partial charge in [-0.3, -0.25) is 9.59 Å². The third kappa shape index (κ3) is 71.2. The Morgan fingerprint density at radius 3 is 0.898 bits per heavy atom. The van der Waals surface area contributed by atoms with E-state index in [0.717, 1.165) is 44.9 Å². The van der Waals surface area contributed by atoms with Crippen LogP contribution in [0.1, 0.15) is 406 Å². The number of unbranched alkanes of at least 4 members (excludes halogenated alkanes) is 55. The first kappa shape index (κ1) is 85.8. The highest BCUT2D eigenvalue weighted by Gasteiger charge is 2.25. The second-order valence-electron chi connectivity index (χ2n) is 28.0. The van der Waals surface area contributed by atoms with E-state index >= 15 is 0 Å². The fourth-order valence-corrected chi connectivity index (χ4v) is 12.0. The number of esters is 2. The standard InChI is InChI=1S/C79H151NO8/c1-6-8-10-12-14-16-18-20-22-24-26-28-30-32-33-34-35-36-37-38-39-40-41-42-43-44-45-46-48-50-52-54-56-58-60-62-64-66-68-70-77(82)88-75(74-87-79(78(83)84)85-72-71-80(3,4)5)73-86-76(81)69-67-65-63-61-59-57-55-53-51-49-47-31-29-27-25-23-21-19-17-15-13-11-9-7-2/h18,20,24,26,75,79H,6-17,19,21-23,25,27-74H2,1-5H3/p+1/b20-18-,26-24-. The van der Waals surface area contributed by atoms with Crippen molar-refractivity contribution in [3.8, 4) is 0 Å². The summed E-state index contributed by atoms with van der Waals surface area (Å²) >= 11 is 0. The van der Waals surface area contributed by atoms with Gasteiger partial charge in [0.2, 0.25) is 0 Å². The number of aliphatic carboxylic acids is 1. The lowest BCUT2D eigenvalue weighted by Crippen LogP contribution is -2.40. The number of hydrogen-bond acceptors (Lipinski definition) is 7. The van der Waals surface area contributed by atoms with E-state index in [9.17, 15) is 19.5 Å². The summed E-state index contributed by atoms with van der Waals surface area (Å²) in [7, 11) is 6.00. The van der Waals surface area contributed by atoms with Crippen LogP contribution < -0.4 is 0 Å². The number of hydrogen-bond donors (Lipinski definition) is 1. The van der Waals surface area contributed by atoms with Gasteiger partial charge in [-0.1, -0.05) is 372 Å². The number of likely N-dealkylation sites (N-methyl/N-ethyl adjacent to an activating group) is 1. The average Bonchev–Trinajstić information content (AvgIpc) is 3.52. The Morgan fingerprint density at radius 2 is 0.614 bits per heavy atom. The monoisotopic (exact) mass is 1240 g/mol. The Labute approximate surface area is 548 Å². The molecule has 1 N–H and O–H groups in total. The van der Waals surface area contributed by atoms with Crippen LogP contribution in [-0.2, 0) is 33.3 Å². The zero-order valence-electron chi connectivity index (χ0n) is 59.7. The van der Waals surface area contributed by atoms with E-state index in [-0.39, 0.29) is 38.2 Å². The highest BCUT2D eigenvalue weighted by molar-refractivity contribution is 5.71. The molecule has 0 rings (SSSR count). The second-order valence-corrected chi connectivity index (χ2v) is 28.0. The van der Waals surface area contributed by atoms with Crippen LogP contribution in [0, 0.1) is 0 Å². The van der Waals surface area contributed by atoms with Crippen LogP contribution in [0.25, 0.3) is 0 Å². The van der Waals surface area contributed by atoms with Crippen molar-refractivity contribution in [3.63, 3.8) is 0 Å². The molecule has 0 saturated carbocycles. The highest BCUT2D eigenvalue weighted by atomic mass is 16.7. The molecule has 0 amide bonds. The van der Waals surface area contributed by atoms with E-state index < -0.39 is 18.4 Å². The third-order valence-corrected chi connectivity index (χ3v) is 18.0. The summed E-state index contributed by atoms with van der Waals surface area (Å²) in [6, 6.07) is 0. The molecule has 0 fully saturated rings. The van der Waals surface area contributed by atoms with Gasteiger partial charge in [-0.05, 0) is 44.9 Å². The van der Waals surface area contributed by atoms with Crippen LogP contribution in [0.5, 0.6) is 0 Å². The molecule has 0 aliphatic heterocycles. The Kier molecular flexibility index (Phi) is 68.8. The first-order valence-corrected chi connectivity index (χ1v) is 39.0. The lowest BCUT2D eigenvalue weighted by molar-refractivity contribution is -0.870. The zero-order valence-corrected chi connectivity index (χ0v) is 59.7. The van der Waals surface area contributed by atoms with Gasteiger partial charge in [0.05, 0.1) is 34.4 Å². The molecule has 0 radical (unpaired) electrons. The van der Waals surface area contributed by atoms with Gasteiger partial charge >= 0.3 is 17.9 Å². The number of carbonyl (C=O) groups excluding carboxylic acids is 2. The van der Waals surface area contributed by atoms with Gasteiger partial charge in [-0.25, -0.2) is 4.79 Å². The predicted molar refractivity (Wildman–Crippen MR) is 378 cm³/mol. The van der Waals surface area contributed by atoms with Gasteiger partial charge in [0.1, 0.15) is 13.2 Å². The molecule has 0 aliphatic rings. The van der Waals surface area contributed by atoms with Crippen molar-refractivity contribution in [1.29, 1.82) is 0 Å². The molecule has 0 aromatic heterocycles. The zero-order chi connectivity index (χ0) is 64.0. The number of carbonyl (C=O) groups is 3. The van der Waals surface area contributed by atoms with E-state index in [1.54, 1.807) is 0 Å². The van der Waals surface area contributed by atoms with Gasteiger partial charge in [0, 0.05) is 12.8 Å². The number of ether oxygens (including phenoxy) is 4. The Hall–Kier alpha value is -2.23. The summed E-state index contributed by atoms with van der Waals surface area (Å²) in [6.45, 7) is 4.95. The number of quaternary nitrogens is 1. The van der Waals surface area contributed by atoms with Crippen LogP contribution >= 0.6 is 0 Å². The van der Waals surface area contributed by atoms with Crippen molar-refractivity contribution in [2.24, 2.45) is 0 Å². The Balaban J connectivity index is 3.94. The number of carboxylic acid groups (broad SMARTS) is 1. The molecule has 9 nitrogen and oxygen atoms in total. The quantitative estimate of drug-likeness (QED) is 0.0211. The summed E-state index contributed by atoms with van der Waals surface area (Å²) in [5.41, 5.74) is 0. The van der Waals surface area contributed by atoms with Crippen molar-refractivity contribution >= 4 is 17.9 Å². The topological polar surface area (TPSA) is 108 Å². The number of nitrogens with zero attached hydrogens (tertiary/aromatic N) is 1. The normalized spacial score (nSPS) is 12.7. The van der Waals surface area contributed by atoms with Crippen LogP contribution in [-0.4, -0.2) is 87.4 Å². The van der Waals surface area contributed by atoms with Crippen LogP contribution in [0.2, 0.25) is 0 Å². The van der Waals surface area contributed by atoms with Gasteiger partial charge < -0.3 is 28.5 Å². The van der Waals surface area contributed by atoms with E-state index in [1.807, 2.05) is 21.1 Å². The van der Waals surface area contributed by atoms with E-state index in [0.29, 0.717) is 17.4 Å². The van der Waals surface area contributed by atoms with E-state index in [1.165, 1.54) is 334 Å². The van der Waals surface area contributed by atoms with Crippen molar-refractivity contribution in [1.82, 2.24) is 0 Å².